The van der Waals surface area contributed by atoms with E-state index in [2.05, 4.69) is 97.0 Å². The molecule has 0 saturated carbocycles. The van der Waals surface area contributed by atoms with Gasteiger partial charge in [0.1, 0.15) is 55.9 Å². The predicted octanol–water partition coefficient (Wildman–Crippen LogP) is 6.64. The maximum Gasteiger partial charge on any atom is 0.490 e. The van der Waals surface area contributed by atoms with E-state index in [0.29, 0.717) is 60.6 Å². The van der Waals surface area contributed by atoms with Gasteiger partial charge in [-0.3, -0.25) is 23.5 Å². The molecular formula is C64H81N9O23P3S+. The van der Waals surface area contributed by atoms with Gasteiger partial charge >= 0.3 is 23.5 Å². The van der Waals surface area contributed by atoms with Gasteiger partial charge < -0.3 is 83.9 Å². The van der Waals surface area contributed by atoms with Crippen molar-refractivity contribution in [3.05, 3.63) is 144 Å². The first kappa shape index (κ1) is 75.5. The highest BCUT2D eigenvalue weighted by atomic mass is 32.2. The van der Waals surface area contributed by atoms with Gasteiger partial charge in [-0.15, -0.1) is 13.2 Å². The van der Waals surface area contributed by atoms with Gasteiger partial charge in [0.05, 0.1) is 59.7 Å². The molecule has 0 aliphatic carbocycles. The summed E-state index contributed by atoms with van der Waals surface area (Å²) in [4.78, 5) is 87.8. The zero-order chi connectivity index (χ0) is 72.0. The van der Waals surface area contributed by atoms with Gasteiger partial charge in [0, 0.05) is 78.4 Å². The highest BCUT2D eigenvalue weighted by Crippen LogP contribution is 2.66. The van der Waals surface area contributed by atoms with E-state index < -0.39 is 88.3 Å². The average Bonchev–Trinajstić information content (AvgIpc) is 1.53. The molecule has 3 amide bonds. The summed E-state index contributed by atoms with van der Waals surface area (Å²) >= 11 is 0. The number of benzene rings is 3. The Morgan fingerprint density at radius 3 is 2.41 bits per heavy atom. The Morgan fingerprint density at radius 2 is 1.66 bits per heavy atom. The molecule has 7 unspecified atom stereocenters. The number of ether oxygens (including phenoxy) is 7. The van der Waals surface area contributed by atoms with Crippen molar-refractivity contribution in [1.82, 2.24) is 30.5 Å². The SMILES string of the molecule is C=CCOCOC1CC(n2cc(/C=C/CNC(=O)COC(COc3cccc(C(=O)NCCCCCNC(=O)Cc4ccc5c(c4)C(C)(C)C4=C6C7=[N+](COC6CCN45)c4ccc(S(=O)(=O)O)cc4C7(C)C)c3)OCC=C)c3c(N)ncnc32)OC1COP(=O)(O)OP(=O)(O)OP(=O)(O)O. The number of amides is 3. The summed E-state index contributed by atoms with van der Waals surface area (Å²) in [6.45, 7) is 16.2. The van der Waals surface area contributed by atoms with Crippen LogP contribution >= 0.6 is 23.5 Å². The standard InChI is InChI=1S/C64H80N9O23P3S/c1-7-26-87-39-92-50-32-54(94-51(50)34-93-98(80,81)96-99(82,83)95-97(77,78)79)72-33-42(56-60(65)69-37-70-61(56)72)15-13-24-67-53(75)35-90-55(88-27-8-2)36-89-43-16-12-14-41(30-43)62(76)68-23-11-9-10-22-66-52(74)29-40-17-19-47-45(28-40)63(3,4)58-57-49(21-25-71(47)58)91-38-73-48-20-18-44(100(84,85)86)31-46(48)64(5,6)59(57)73/h7-8,12-20,28,30-31,33,37,49-51,54-55H,1-2,9-11,21-27,29,32,34-36,38-39H2,3-6H3,(H9-,65,66,67,68,69,70,74,75,76,77,78,79,80,81,82,83,84,85,86)/p+1/b15-13+. The Balaban J connectivity index is 0.651. The van der Waals surface area contributed by atoms with Crippen LogP contribution in [0.15, 0.2) is 121 Å². The summed E-state index contributed by atoms with van der Waals surface area (Å²) < 4.78 is 127. The summed E-state index contributed by atoms with van der Waals surface area (Å²) in [6.07, 6.45) is 7.97. The fraction of sp³-hybridized carbons (Fsp3) is 0.438. The molecule has 32 nitrogen and oxygen atoms in total. The number of carbonyl (C=O) groups is 3. The van der Waals surface area contributed by atoms with E-state index in [4.69, 9.17) is 53.2 Å². The van der Waals surface area contributed by atoms with E-state index in [1.807, 2.05) is 6.07 Å². The van der Waals surface area contributed by atoms with E-state index in [9.17, 15) is 50.8 Å². The third-order valence-electron chi connectivity index (χ3n) is 17.2. The van der Waals surface area contributed by atoms with Crippen molar-refractivity contribution in [2.24, 2.45) is 0 Å². The first-order valence-corrected chi connectivity index (χ1v) is 37.8. The molecule has 7 atom stereocenters. The number of anilines is 2. The summed E-state index contributed by atoms with van der Waals surface area (Å²) in [6, 6.07) is 17.5. The molecule has 540 valence electrons. The number of aromatic nitrogens is 3. The van der Waals surface area contributed by atoms with Gasteiger partial charge in [-0.2, -0.15) is 21.6 Å². The smallest absolute Gasteiger partial charge is 0.488 e. The van der Waals surface area contributed by atoms with Crippen LogP contribution in [0.3, 0.4) is 0 Å². The zero-order valence-corrected chi connectivity index (χ0v) is 58.7. The maximum atomic E-state index is 13.3. The van der Waals surface area contributed by atoms with Crippen LogP contribution < -0.4 is 31.3 Å². The second kappa shape index (κ2) is 31.6. The van der Waals surface area contributed by atoms with Crippen molar-refractivity contribution in [2.75, 3.05) is 83.4 Å². The molecule has 1 fully saturated rings. The topological polar surface area (TPSA) is 429 Å². The van der Waals surface area contributed by atoms with Crippen LogP contribution in [-0.4, -0.2) is 172 Å². The van der Waals surface area contributed by atoms with Gasteiger partial charge in [-0.05, 0) is 87.1 Å². The van der Waals surface area contributed by atoms with Crippen molar-refractivity contribution in [3.8, 4) is 5.75 Å². The number of nitrogens with zero attached hydrogens (tertiary/aromatic N) is 5. The molecule has 100 heavy (non-hydrogen) atoms. The highest BCUT2D eigenvalue weighted by molar-refractivity contribution is 7.85. The monoisotopic (exact) mass is 1470 g/mol. The highest BCUT2D eigenvalue weighted by Gasteiger charge is 2.57. The zero-order valence-electron chi connectivity index (χ0n) is 55.2. The van der Waals surface area contributed by atoms with Gasteiger partial charge in [-0.1, -0.05) is 56.4 Å². The number of carbonyl (C=O) groups excluding carboxylic acids is 3. The van der Waals surface area contributed by atoms with Crippen LogP contribution in [0.4, 0.5) is 17.2 Å². The number of nitrogens with one attached hydrogen (secondary N) is 3. The Labute approximate surface area is 576 Å². The van der Waals surface area contributed by atoms with Crippen molar-refractivity contribution in [1.29, 1.82) is 0 Å². The van der Waals surface area contributed by atoms with Crippen molar-refractivity contribution in [3.63, 3.8) is 0 Å². The normalized spacial score (nSPS) is 20.6. The summed E-state index contributed by atoms with van der Waals surface area (Å²) in [5.41, 5.74) is 14.4. The van der Waals surface area contributed by atoms with Crippen molar-refractivity contribution < 1.29 is 112 Å². The number of hydrogen-bond acceptors (Lipinski definition) is 22. The van der Waals surface area contributed by atoms with Crippen molar-refractivity contribution in [2.45, 2.75) is 113 Å². The molecule has 36 heteroatoms. The Bertz CT molecular complexity index is 4310. The lowest BCUT2D eigenvalue weighted by Crippen LogP contribution is -2.48. The largest absolute Gasteiger partial charge is 0.490 e. The van der Waals surface area contributed by atoms with Gasteiger partial charge in [0.15, 0.2) is 6.29 Å². The van der Waals surface area contributed by atoms with E-state index in [1.54, 1.807) is 59.3 Å². The first-order valence-electron chi connectivity index (χ1n) is 31.8. The van der Waals surface area contributed by atoms with Crippen LogP contribution in [-0.2, 0) is 92.2 Å². The number of rotatable bonds is 35. The van der Waals surface area contributed by atoms with Gasteiger partial charge in [-0.25, -0.2) is 23.7 Å². The number of phosphoric ester groups is 1. The maximum absolute atomic E-state index is 13.3. The lowest BCUT2D eigenvalue weighted by Gasteiger charge is -2.40. The Kier molecular flexibility index (Phi) is 23.8. The van der Waals surface area contributed by atoms with Crippen LogP contribution in [0.5, 0.6) is 5.75 Å². The molecule has 5 aromatic rings. The second-order valence-electron chi connectivity index (χ2n) is 25.0. The minimum atomic E-state index is -5.80. The average molecular weight is 1470 g/mol. The number of phosphoric acid groups is 3. The van der Waals surface area contributed by atoms with E-state index in [-0.39, 0.29) is 74.6 Å². The fourth-order valence-corrected chi connectivity index (χ4v) is 16.4. The minimum absolute atomic E-state index is 0.0105. The first-order chi connectivity index (χ1) is 47.4. The molecule has 0 bridgehead atoms. The molecule has 5 aliphatic heterocycles. The quantitative estimate of drug-likeness (QED) is 0.00512. The van der Waals surface area contributed by atoms with Crippen LogP contribution in [0.25, 0.3) is 17.1 Å². The second-order valence-corrected chi connectivity index (χ2v) is 30.8. The summed E-state index contributed by atoms with van der Waals surface area (Å²) in [5, 5.41) is 9.11. The molecule has 7 heterocycles. The number of hydrogen-bond donors (Lipinski definition) is 9. The number of unbranched alkanes of at least 4 members (excludes halogenated alkanes) is 2. The number of allylic oxidation sites excluding steroid dienone is 1. The van der Waals surface area contributed by atoms with Crippen LogP contribution in [0, 0.1) is 0 Å². The minimum Gasteiger partial charge on any atom is -0.488 e. The third-order valence-corrected chi connectivity index (χ3v) is 21.9. The summed E-state index contributed by atoms with van der Waals surface area (Å²) in [5.74, 6) is -0.498. The van der Waals surface area contributed by atoms with Gasteiger partial charge in [0.25, 0.3) is 22.8 Å². The van der Waals surface area contributed by atoms with E-state index >= 15 is 0 Å². The number of nitrogens with two attached hydrogens (primary N) is 1. The molecule has 3 aromatic carbocycles. The fourth-order valence-electron chi connectivity index (χ4n) is 12.9. The van der Waals surface area contributed by atoms with Crippen LogP contribution in [0.1, 0.15) is 98.6 Å². The molecule has 1 saturated heterocycles. The number of nitrogen functional groups attached to an aromatic ring is 1. The molecule has 10 rings (SSSR count). The lowest BCUT2D eigenvalue weighted by atomic mass is 9.72. The van der Waals surface area contributed by atoms with Crippen molar-refractivity contribution >= 4 is 91.3 Å². The predicted molar refractivity (Wildman–Crippen MR) is 361 cm³/mol. The Morgan fingerprint density at radius 1 is 0.890 bits per heavy atom. The third kappa shape index (κ3) is 18.0. The summed E-state index contributed by atoms with van der Waals surface area (Å²) in [7, 11) is -21.4. The van der Waals surface area contributed by atoms with Crippen LogP contribution in [0.2, 0.25) is 0 Å². The molecule has 10 N–H and O–H groups in total. The molecule has 0 radical (unpaired) electrons. The molecule has 5 aliphatic rings. The number of fused-ring (bicyclic) bond motifs is 8. The Hall–Kier alpha value is -7.20. The molecule has 0 spiro atoms. The molecule has 2 aromatic heterocycles. The van der Waals surface area contributed by atoms with E-state index in [0.717, 1.165) is 64.4 Å². The molecular weight excluding hydrogens is 1390 g/mol. The van der Waals surface area contributed by atoms with Gasteiger partial charge in [0.2, 0.25) is 23.2 Å². The van der Waals surface area contributed by atoms with E-state index in [1.165, 1.54) is 24.5 Å². The lowest BCUT2D eigenvalue weighted by molar-refractivity contribution is -0.500.